The van der Waals surface area contributed by atoms with Gasteiger partial charge < -0.3 is 4.74 Å². The summed E-state index contributed by atoms with van der Waals surface area (Å²) in [5, 5.41) is 0. The van der Waals surface area contributed by atoms with Crippen LogP contribution in [0.3, 0.4) is 0 Å². The molecule has 1 aliphatic carbocycles. The SMILES string of the molecule is CCOC(=O)C1(c2cccnc2)CC(=O)c2ccccc21. The Kier molecular flexibility index (Phi) is 3.29. The largest absolute Gasteiger partial charge is 0.465 e. The number of nitrogens with zero attached hydrogens (tertiary/aromatic N) is 1. The van der Waals surface area contributed by atoms with E-state index in [9.17, 15) is 9.59 Å². The van der Waals surface area contributed by atoms with Gasteiger partial charge in [0.1, 0.15) is 5.41 Å². The number of carbonyl (C=O) groups excluding carboxylic acids is 2. The smallest absolute Gasteiger partial charge is 0.321 e. The minimum absolute atomic E-state index is 0.0393. The van der Waals surface area contributed by atoms with Crippen LogP contribution in [0.5, 0.6) is 0 Å². The molecule has 1 heterocycles. The van der Waals surface area contributed by atoms with Gasteiger partial charge in [-0.05, 0) is 24.1 Å². The molecule has 3 rings (SSSR count). The first kappa shape index (κ1) is 13.5. The summed E-state index contributed by atoms with van der Waals surface area (Å²) in [5.41, 5.74) is 0.926. The van der Waals surface area contributed by atoms with Gasteiger partial charge in [-0.1, -0.05) is 30.3 Å². The van der Waals surface area contributed by atoms with Crippen molar-refractivity contribution >= 4 is 11.8 Å². The summed E-state index contributed by atoms with van der Waals surface area (Å²) in [5.74, 6) is -0.432. The van der Waals surface area contributed by atoms with E-state index in [0.29, 0.717) is 16.7 Å². The van der Waals surface area contributed by atoms with Crippen LogP contribution in [0.2, 0.25) is 0 Å². The molecule has 1 aromatic heterocycles. The van der Waals surface area contributed by atoms with Crippen molar-refractivity contribution in [1.29, 1.82) is 0 Å². The Morgan fingerprint density at radius 3 is 2.81 bits per heavy atom. The van der Waals surface area contributed by atoms with E-state index >= 15 is 0 Å². The quantitative estimate of drug-likeness (QED) is 0.811. The van der Waals surface area contributed by atoms with Gasteiger partial charge in [-0.3, -0.25) is 14.6 Å². The second kappa shape index (κ2) is 5.13. The molecule has 0 fully saturated rings. The van der Waals surface area contributed by atoms with Crippen molar-refractivity contribution in [2.45, 2.75) is 18.8 Å². The number of hydrogen-bond acceptors (Lipinski definition) is 4. The molecule has 0 spiro atoms. The van der Waals surface area contributed by atoms with Gasteiger partial charge in [0.25, 0.3) is 0 Å². The number of hydrogen-bond donors (Lipinski definition) is 0. The van der Waals surface area contributed by atoms with Gasteiger partial charge in [-0.25, -0.2) is 0 Å². The van der Waals surface area contributed by atoms with Crippen LogP contribution in [0.4, 0.5) is 0 Å². The highest BCUT2D eigenvalue weighted by Crippen LogP contribution is 2.44. The fourth-order valence-corrected chi connectivity index (χ4v) is 2.96. The summed E-state index contributed by atoms with van der Waals surface area (Å²) in [7, 11) is 0. The number of carbonyl (C=O) groups is 2. The van der Waals surface area contributed by atoms with Crippen molar-refractivity contribution < 1.29 is 14.3 Å². The molecule has 0 bridgehead atoms. The molecule has 1 atom stereocenters. The molecule has 1 unspecified atom stereocenters. The van der Waals surface area contributed by atoms with Crippen LogP contribution in [0.15, 0.2) is 48.8 Å². The lowest BCUT2D eigenvalue weighted by Crippen LogP contribution is -2.37. The van der Waals surface area contributed by atoms with E-state index in [1.165, 1.54) is 0 Å². The summed E-state index contributed by atoms with van der Waals surface area (Å²) in [4.78, 5) is 29.1. The maximum Gasteiger partial charge on any atom is 0.321 e. The molecule has 0 radical (unpaired) electrons. The minimum Gasteiger partial charge on any atom is -0.465 e. The molecule has 106 valence electrons. The van der Waals surface area contributed by atoms with Crippen LogP contribution in [0, 0.1) is 0 Å². The summed E-state index contributed by atoms with van der Waals surface area (Å²) in [6.45, 7) is 2.04. The third-order valence-electron chi connectivity index (χ3n) is 3.89. The zero-order valence-corrected chi connectivity index (χ0v) is 11.7. The maximum atomic E-state index is 12.7. The van der Waals surface area contributed by atoms with Crippen molar-refractivity contribution in [1.82, 2.24) is 4.98 Å². The van der Waals surface area contributed by atoms with E-state index in [4.69, 9.17) is 4.74 Å². The first-order valence-electron chi connectivity index (χ1n) is 6.90. The highest BCUT2D eigenvalue weighted by Gasteiger charge is 2.51. The number of ether oxygens (including phenoxy) is 1. The summed E-state index contributed by atoms with van der Waals surface area (Å²) in [6.07, 6.45) is 3.37. The molecule has 4 nitrogen and oxygen atoms in total. The van der Waals surface area contributed by atoms with Gasteiger partial charge in [0.2, 0.25) is 0 Å². The monoisotopic (exact) mass is 281 g/mol. The Bertz CT molecular complexity index is 696. The third kappa shape index (κ3) is 1.95. The Labute approximate surface area is 122 Å². The zero-order chi connectivity index (χ0) is 14.9. The standard InChI is InChI=1S/C17H15NO3/c1-2-21-16(20)17(12-6-5-9-18-11-12)10-15(19)13-7-3-4-8-14(13)17/h3-9,11H,2,10H2,1H3. The summed E-state index contributed by atoms with van der Waals surface area (Å²) in [6, 6.07) is 10.8. The molecule has 2 aromatic rings. The number of pyridine rings is 1. The van der Waals surface area contributed by atoms with Gasteiger partial charge in [0, 0.05) is 24.4 Å². The van der Waals surface area contributed by atoms with Crippen LogP contribution in [0.1, 0.15) is 34.8 Å². The molecule has 1 aromatic carbocycles. The number of rotatable bonds is 3. The number of aromatic nitrogens is 1. The van der Waals surface area contributed by atoms with Gasteiger partial charge in [-0.2, -0.15) is 0 Å². The molecule has 0 aliphatic heterocycles. The number of fused-ring (bicyclic) bond motifs is 1. The predicted octanol–water partition coefficient (Wildman–Crippen LogP) is 2.52. The van der Waals surface area contributed by atoms with Crippen LogP contribution in [0.25, 0.3) is 0 Å². The number of ketones is 1. The second-order valence-corrected chi connectivity index (χ2v) is 5.01. The maximum absolute atomic E-state index is 12.7. The summed E-state index contributed by atoms with van der Waals surface area (Å²) >= 11 is 0. The fraction of sp³-hybridized carbons (Fsp3) is 0.235. The molecule has 21 heavy (non-hydrogen) atoms. The Morgan fingerprint density at radius 1 is 1.29 bits per heavy atom. The van der Waals surface area contributed by atoms with E-state index in [1.807, 2.05) is 18.2 Å². The van der Waals surface area contributed by atoms with Crippen molar-refractivity contribution in [2.75, 3.05) is 6.61 Å². The summed E-state index contributed by atoms with van der Waals surface area (Å²) < 4.78 is 5.27. The number of benzene rings is 1. The molecule has 0 amide bonds. The average molecular weight is 281 g/mol. The third-order valence-corrected chi connectivity index (χ3v) is 3.89. The minimum atomic E-state index is -1.07. The van der Waals surface area contributed by atoms with E-state index in [1.54, 1.807) is 37.5 Å². The lowest BCUT2D eigenvalue weighted by atomic mass is 9.76. The normalized spacial score (nSPS) is 20.1. The lowest BCUT2D eigenvalue weighted by molar-refractivity contribution is -0.148. The van der Waals surface area contributed by atoms with Crippen LogP contribution < -0.4 is 0 Å². The second-order valence-electron chi connectivity index (χ2n) is 5.01. The van der Waals surface area contributed by atoms with Crippen molar-refractivity contribution in [3.8, 4) is 0 Å². The molecule has 4 heteroatoms. The predicted molar refractivity (Wildman–Crippen MR) is 77.0 cm³/mol. The molecular weight excluding hydrogens is 266 g/mol. The highest BCUT2D eigenvalue weighted by atomic mass is 16.5. The Hall–Kier alpha value is -2.49. The zero-order valence-electron chi connectivity index (χ0n) is 11.7. The first-order chi connectivity index (χ1) is 10.2. The van der Waals surface area contributed by atoms with Crippen LogP contribution in [-0.4, -0.2) is 23.3 Å². The molecule has 1 aliphatic rings. The van der Waals surface area contributed by atoms with Crippen molar-refractivity contribution in [3.05, 3.63) is 65.5 Å². The number of esters is 1. The van der Waals surface area contributed by atoms with Gasteiger partial charge >= 0.3 is 5.97 Å². The topological polar surface area (TPSA) is 56.3 Å². The highest BCUT2D eigenvalue weighted by molar-refractivity contribution is 6.09. The fourth-order valence-electron chi connectivity index (χ4n) is 2.96. The van der Waals surface area contributed by atoms with E-state index < -0.39 is 11.4 Å². The molecule has 0 saturated carbocycles. The van der Waals surface area contributed by atoms with Gasteiger partial charge in [0.15, 0.2) is 5.78 Å². The van der Waals surface area contributed by atoms with Crippen molar-refractivity contribution in [3.63, 3.8) is 0 Å². The van der Waals surface area contributed by atoms with Gasteiger partial charge in [0.05, 0.1) is 6.61 Å². The van der Waals surface area contributed by atoms with E-state index in [-0.39, 0.29) is 18.8 Å². The first-order valence-corrected chi connectivity index (χ1v) is 6.90. The lowest BCUT2D eigenvalue weighted by Gasteiger charge is -2.27. The van der Waals surface area contributed by atoms with Crippen molar-refractivity contribution in [2.24, 2.45) is 0 Å². The molecule has 0 N–H and O–H groups in total. The van der Waals surface area contributed by atoms with Crippen LogP contribution in [-0.2, 0) is 14.9 Å². The Balaban J connectivity index is 2.25. The van der Waals surface area contributed by atoms with E-state index in [2.05, 4.69) is 4.98 Å². The molecule has 0 saturated heterocycles. The number of Topliss-reactive ketones (excluding diaryl/α,β-unsaturated/α-hetero) is 1. The molecular formula is C17H15NO3. The van der Waals surface area contributed by atoms with E-state index in [0.717, 1.165) is 0 Å². The van der Waals surface area contributed by atoms with Gasteiger partial charge in [-0.15, -0.1) is 0 Å². The Morgan fingerprint density at radius 2 is 2.10 bits per heavy atom. The average Bonchev–Trinajstić information content (AvgIpc) is 2.83. The van der Waals surface area contributed by atoms with Crippen LogP contribution >= 0.6 is 0 Å².